The number of anilines is 1. The highest BCUT2D eigenvalue weighted by molar-refractivity contribution is 5.96. The van der Waals surface area contributed by atoms with Gasteiger partial charge in [0, 0.05) is 30.9 Å². The van der Waals surface area contributed by atoms with Gasteiger partial charge in [-0.25, -0.2) is 0 Å². The van der Waals surface area contributed by atoms with Crippen LogP contribution in [-0.2, 0) is 0 Å². The molecule has 0 unspecified atom stereocenters. The summed E-state index contributed by atoms with van der Waals surface area (Å²) in [5.41, 5.74) is 2.92. The molecule has 0 atom stereocenters. The topological polar surface area (TPSA) is 32.3 Å². The molecule has 0 aliphatic heterocycles. The monoisotopic (exact) mass is 232 g/mol. The van der Waals surface area contributed by atoms with Gasteiger partial charge in [-0.2, -0.15) is 0 Å². The van der Waals surface area contributed by atoms with Crippen molar-refractivity contribution in [1.29, 1.82) is 0 Å². The van der Waals surface area contributed by atoms with Crippen LogP contribution in [0.1, 0.15) is 35.7 Å². The Labute approximate surface area is 103 Å². The van der Waals surface area contributed by atoms with Crippen LogP contribution in [0, 0.1) is 6.92 Å². The first-order valence-corrected chi connectivity index (χ1v) is 6.26. The standard InChI is InChI=1S/C14H20N2O/c1-4-16(12-6-7-12)14(17)13-8-5-11(15-3)9-10(13)2/h5,8-9,12,15H,4,6-7H2,1-3H3. The summed E-state index contributed by atoms with van der Waals surface area (Å²) >= 11 is 0. The first-order chi connectivity index (χ1) is 8.17. The Morgan fingerprint density at radius 3 is 2.65 bits per heavy atom. The molecule has 0 heterocycles. The van der Waals surface area contributed by atoms with Gasteiger partial charge in [-0.3, -0.25) is 4.79 Å². The molecule has 0 spiro atoms. The van der Waals surface area contributed by atoms with E-state index < -0.39 is 0 Å². The second-order valence-electron chi connectivity index (χ2n) is 4.60. The SMILES string of the molecule is CCN(C(=O)c1ccc(NC)cc1C)C1CC1. The van der Waals surface area contributed by atoms with Crippen LogP contribution in [0.15, 0.2) is 18.2 Å². The zero-order valence-electron chi connectivity index (χ0n) is 10.8. The number of rotatable bonds is 4. The Hall–Kier alpha value is -1.51. The number of carbonyl (C=O) groups is 1. The number of nitrogens with zero attached hydrogens (tertiary/aromatic N) is 1. The minimum absolute atomic E-state index is 0.176. The zero-order chi connectivity index (χ0) is 12.4. The second kappa shape index (κ2) is 4.78. The third-order valence-electron chi connectivity index (χ3n) is 3.33. The van der Waals surface area contributed by atoms with Gasteiger partial charge in [-0.1, -0.05) is 0 Å². The van der Waals surface area contributed by atoms with Crippen LogP contribution in [0.25, 0.3) is 0 Å². The molecule has 0 bridgehead atoms. The van der Waals surface area contributed by atoms with Crippen molar-refractivity contribution in [2.24, 2.45) is 0 Å². The zero-order valence-corrected chi connectivity index (χ0v) is 10.8. The molecule has 3 nitrogen and oxygen atoms in total. The van der Waals surface area contributed by atoms with Crippen molar-refractivity contribution < 1.29 is 4.79 Å². The maximum absolute atomic E-state index is 12.4. The van der Waals surface area contributed by atoms with E-state index in [-0.39, 0.29) is 5.91 Å². The third-order valence-corrected chi connectivity index (χ3v) is 3.33. The summed E-state index contributed by atoms with van der Waals surface area (Å²) in [5.74, 6) is 0.176. The fraction of sp³-hybridized carbons (Fsp3) is 0.500. The largest absolute Gasteiger partial charge is 0.388 e. The highest BCUT2D eigenvalue weighted by Gasteiger charge is 2.32. The normalized spacial score (nSPS) is 14.5. The molecule has 1 aliphatic carbocycles. The lowest BCUT2D eigenvalue weighted by Crippen LogP contribution is -2.33. The first-order valence-electron chi connectivity index (χ1n) is 6.26. The van der Waals surface area contributed by atoms with Crippen molar-refractivity contribution in [2.75, 3.05) is 18.9 Å². The van der Waals surface area contributed by atoms with E-state index >= 15 is 0 Å². The average molecular weight is 232 g/mol. The molecule has 1 aliphatic rings. The smallest absolute Gasteiger partial charge is 0.254 e. The molecule has 0 saturated heterocycles. The third kappa shape index (κ3) is 2.43. The summed E-state index contributed by atoms with van der Waals surface area (Å²) < 4.78 is 0. The number of hydrogen-bond acceptors (Lipinski definition) is 2. The van der Waals surface area contributed by atoms with Crippen LogP contribution < -0.4 is 5.32 Å². The molecular weight excluding hydrogens is 212 g/mol. The van der Waals surface area contributed by atoms with Crippen LogP contribution in [0.5, 0.6) is 0 Å². The molecule has 17 heavy (non-hydrogen) atoms. The van der Waals surface area contributed by atoms with Crippen molar-refractivity contribution in [3.05, 3.63) is 29.3 Å². The van der Waals surface area contributed by atoms with E-state index in [0.29, 0.717) is 6.04 Å². The van der Waals surface area contributed by atoms with E-state index in [2.05, 4.69) is 5.32 Å². The van der Waals surface area contributed by atoms with Crippen molar-refractivity contribution in [3.8, 4) is 0 Å². The first kappa shape index (κ1) is 12.0. The van der Waals surface area contributed by atoms with Gasteiger partial charge in [0.1, 0.15) is 0 Å². The van der Waals surface area contributed by atoms with Crippen molar-refractivity contribution in [3.63, 3.8) is 0 Å². The fourth-order valence-electron chi connectivity index (χ4n) is 2.17. The summed E-state index contributed by atoms with van der Waals surface area (Å²) in [6, 6.07) is 6.39. The molecule has 1 aromatic carbocycles. The fourth-order valence-corrected chi connectivity index (χ4v) is 2.17. The van der Waals surface area contributed by atoms with Gasteiger partial charge < -0.3 is 10.2 Å². The Morgan fingerprint density at radius 2 is 2.18 bits per heavy atom. The summed E-state index contributed by atoms with van der Waals surface area (Å²) in [4.78, 5) is 14.4. The molecule has 1 aromatic rings. The Morgan fingerprint density at radius 1 is 1.47 bits per heavy atom. The van der Waals surface area contributed by atoms with Crippen LogP contribution >= 0.6 is 0 Å². The number of benzene rings is 1. The second-order valence-corrected chi connectivity index (χ2v) is 4.60. The van der Waals surface area contributed by atoms with Crippen molar-refractivity contribution in [1.82, 2.24) is 4.90 Å². The Balaban J connectivity index is 2.23. The molecular formula is C14H20N2O. The van der Waals surface area contributed by atoms with E-state index in [4.69, 9.17) is 0 Å². The summed E-state index contributed by atoms with van der Waals surface area (Å²) in [7, 11) is 1.89. The predicted octanol–water partition coefficient (Wildman–Crippen LogP) is 2.66. The van der Waals surface area contributed by atoms with Gasteiger partial charge in [0.15, 0.2) is 0 Å². The van der Waals surface area contributed by atoms with Gasteiger partial charge in [0.05, 0.1) is 0 Å². The molecule has 1 amide bonds. The van der Waals surface area contributed by atoms with Gasteiger partial charge in [-0.05, 0) is 50.5 Å². The van der Waals surface area contributed by atoms with Crippen LogP contribution in [0.3, 0.4) is 0 Å². The predicted molar refractivity (Wildman–Crippen MR) is 70.5 cm³/mol. The molecule has 2 rings (SSSR count). The number of nitrogens with one attached hydrogen (secondary N) is 1. The van der Waals surface area contributed by atoms with E-state index in [1.54, 1.807) is 0 Å². The van der Waals surface area contributed by atoms with E-state index in [9.17, 15) is 4.79 Å². The van der Waals surface area contributed by atoms with Gasteiger partial charge in [-0.15, -0.1) is 0 Å². The van der Waals surface area contributed by atoms with E-state index in [0.717, 1.165) is 36.2 Å². The van der Waals surface area contributed by atoms with Crippen LogP contribution in [0.4, 0.5) is 5.69 Å². The summed E-state index contributed by atoms with van der Waals surface area (Å²) in [5, 5.41) is 3.09. The molecule has 1 saturated carbocycles. The lowest BCUT2D eigenvalue weighted by Gasteiger charge is -2.21. The maximum atomic E-state index is 12.4. The van der Waals surface area contributed by atoms with E-state index in [1.165, 1.54) is 0 Å². The molecule has 1 fully saturated rings. The number of hydrogen-bond donors (Lipinski definition) is 1. The van der Waals surface area contributed by atoms with Crippen LogP contribution in [0.2, 0.25) is 0 Å². The summed E-state index contributed by atoms with van der Waals surface area (Å²) in [6.45, 7) is 4.85. The van der Waals surface area contributed by atoms with Gasteiger partial charge in [0.25, 0.3) is 5.91 Å². The van der Waals surface area contributed by atoms with Gasteiger partial charge >= 0.3 is 0 Å². The quantitative estimate of drug-likeness (QED) is 0.865. The number of aryl methyl sites for hydroxylation is 1. The van der Waals surface area contributed by atoms with Crippen LogP contribution in [-0.4, -0.2) is 30.4 Å². The summed E-state index contributed by atoms with van der Waals surface area (Å²) in [6.07, 6.45) is 2.32. The Bertz CT molecular complexity index is 424. The average Bonchev–Trinajstić information content (AvgIpc) is 3.14. The molecule has 92 valence electrons. The highest BCUT2D eigenvalue weighted by atomic mass is 16.2. The maximum Gasteiger partial charge on any atom is 0.254 e. The lowest BCUT2D eigenvalue weighted by molar-refractivity contribution is 0.0752. The van der Waals surface area contributed by atoms with Crippen molar-refractivity contribution in [2.45, 2.75) is 32.7 Å². The molecule has 0 aromatic heterocycles. The van der Waals surface area contributed by atoms with E-state index in [1.807, 2.05) is 44.0 Å². The minimum atomic E-state index is 0.176. The molecule has 3 heteroatoms. The van der Waals surface area contributed by atoms with Crippen molar-refractivity contribution >= 4 is 11.6 Å². The lowest BCUT2D eigenvalue weighted by atomic mass is 10.1. The molecule has 1 N–H and O–H groups in total. The number of amides is 1. The number of carbonyl (C=O) groups excluding carboxylic acids is 1. The minimum Gasteiger partial charge on any atom is -0.388 e. The highest BCUT2D eigenvalue weighted by Crippen LogP contribution is 2.28. The molecule has 0 radical (unpaired) electrons. The van der Waals surface area contributed by atoms with Gasteiger partial charge in [0.2, 0.25) is 0 Å². The Kier molecular flexibility index (Phi) is 3.36.